The molecule has 0 amide bonds. The van der Waals surface area contributed by atoms with Gasteiger partial charge in [0.25, 0.3) is 0 Å². The van der Waals surface area contributed by atoms with E-state index in [9.17, 15) is 0 Å². The van der Waals surface area contributed by atoms with Gasteiger partial charge in [-0.15, -0.1) is 5.11 Å². The van der Waals surface area contributed by atoms with Crippen LogP contribution in [0.5, 0.6) is 0 Å². The number of hydrogen-bond donors (Lipinski definition) is 2. The van der Waals surface area contributed by atoms with E-state index in [4.69, 9.17) is 10.1 Å². The summed E-state index contributed by atoms with van der Waals surface area (Å²) in [6, 6.07) is 0.158. The van der Waals surface area contributed by atoms with E-state index in [-0.39, 0.29) is 12.6 Å². The lowest BCUT2D eigenvalue weighted by Crippen LogP contribution is -2.42. The van der Waals surface area contributed by atoms with E-state index in [0.29, 0.717) is 0 Å². The van der Waals surface area contributed by atoms with Crippen molar-refractivity contribution in [1.82, 2.24) is 15.4 Å². The molecule has 0 fully saturated rings. The standard InChI is InChI=1S/C15H24N6O/c1-4-7-12-16-13-14(20(12)8-5-6-9-22)10(2)11(3)21-15(13)17-18-19-21/h14,22H,4-9H2,1-3H3,(H,17,19). The van der Waals surface area contributed by atoms with Gasteiger partial charge in [0, 0.05) is 25.3 Å². The molecule has 0 aromatic carbocycles. The van der Waals surface area contributed by atoms with Gasteiger partial charge in [0.15, 0.2) is 0 Å². The molecular weight excluding hydrogens is 280 g/mol. The highest BCUT2D eigenvalue weighted by atomic mass is 16.2. The average Bonchev–Trinajstić information content (AvgIpc) is 3.11. The molecule has 7 nitrogen and oxygen atoms in total. The van der Waals surface area contributed by atoms with Gasteiger partial charge in [-0.3, -0.25) is 0 Å². The van der Waals surface area contributed by atoms with Crippen molar-refractivity contribution in [2.45, 2.75) is 52.5 Å². The third-order valence-electron chi connectivity index (χ3n) is 4.48. The Bertz CT molecular complexity index is 577. The van der Waals surface area contributed by atoms with Crippen molar-refractivity contribution in [3.05, 3.63) is 22.8 Å². The molecule has 3 rings (SSSR count). The molecule has 1 atom stereocenters. The van der Waals surface area contributed by atoms with Crippen molar-refractivity contribution in [1.29, 1.82) is 0 Å². The first-order valence-corrected chi connectivity index (χ1v) is 8.02. The Morgan fingerprint density at radius 2 is 2.09 bits per heavy atom. The highest BCUT2D eigenvalue weighted by molar-refractivity contribution is 5.87. The summed E-state index contributed by atoms with van der Waals surface area (Å²) in [6.45, 7) is 7.56. The van der Waals surface area contributed by atoms with Crippen molar-refractivity contribution in [2.75, 3.05) is 13.2 Å². The lowest BCUT2D eigenvalue weighted by Gasteiger charge is -2.34. The second-order valence-electron chi connectivity index (χ2n) is 5.92. The number of amidine groups is 1. The Labute approximate surface area is 131 Å². The number of fused-ring (bicyclic) bond motifs is 2. The van der Waals surface area contributed by atoms with Crippen LogP contribution >= 0.6 is 0 Å². The van der Waals surface area contributed by atoms with Gasteiger partial charge in [-0.25, -0.2) is 10.0 Å². The number of unbranched alkanes of at least 4 members (excludes halogenated alkanes) is 1. The van der Waals surface area contributed by atoms with E-state index in [1.165, 1.54) is 5.57 Å². The molecule has 3 aliphatic heterocycles. The molecule has 0 saturated carbocycles. The summed E-state index contributed by atoms with van der Waals surface area (Å²) in [5, 5.41) is 19.1. The fourth-order valence-electron chi connectivity index (χ4n) is 3.23. The van der Waals surface area contributed by atoms with Crippen LogP contribution in [0.1, 0.15) is 46.5 Å². The van der Waals surface area contributed by atoms with E-state index < -0.39 is 0 Å². The van der Waals surface area contributed by atoms with Crippen molar-refractivity contribution < 1.29 is 5.11 Å². The van der Waals surface area contributed by atoms with E-state index >= 15 is 0 Å². The first-order valence-electron chi connectivity index (χ1n) is 8.02. The zero-order valence-electron chi connectivity index (χ0n) is 13.5. The number of nitrogens with zero attached hydrogens (tertiary/aromatic N) is 5. The van der Waals surface area contributed by atoms with Gasteiger partial charge < -0.3 is 10.0 Å². The van der Waals surface area contributed by atoms with E-state index in [0.717, 1.165) is 55.3 Å². The first kappa shape index (κ1) is 15.0. The quantitative estimate of drug-likeness (QED) is 0.738. The third-order valence-corrected chi connectivity index (χ3v) is 4.48. The van der Waals surface area contributed by atoms with Crippen LogP contribution in [0.3, 0.4) is 0 Å². The minimum Gasteiger partial charge on any atom is -0.396 e. The molecule has 0 spiro atoms. The monoisotopic (exact) mass is 304 g/mol. The minimum atomic E-state index is 0.158. The summed E-state index contributed by atoms with van der Waals surface area (Å²) in [6.07, 6.45) is 3.82. The van der Waals surface area contributed by atoms with Crippen LogP contribution in [0.15, 0.2) is 38.1 Å². The lowest BCUT2D eigenvalue weighted by molar-refractivity contribution is 0.268. The van der Waals surface area contributed by atoms with Gasteiger partial charge in [-0.2, -0.15) is 5.53 Å². The van der Waals surface area contributed by atoms with Crippen LogP contribution < -0.4 is 5.53 Å². The second kappa shape index (κ2) is 6.08. The second-order valence-corrected chi connectivity index (χ2v) is 5.92. The van der Waals surface area contributed by atoms with Crippen molar-refractivity contribution >= 4 is 5.84 Å². The van der Waals surface area contributed by atoms with Gasteiger partial charge in [0.2, 0.25) is 5.82 Å². The Morgan fingerprint density at radius 3 is 2.82 bits per heavy atom. The number of aliphatic hydroxyl groups is 1. The first-order chi connectivity index (χ1) is 10.7. The zero-order valence-corrected chi connectivity index (χ0v) is 13.5. The average molecular weight is 304 g/mol. The molecule has 0 aromatic rings. The van der Waals surface area contributed by atoms with Gasteiger partial charge in [0.05, 0.1) is 6.04 Å². The van der Waals surface area contributed by atoms with Crippen LogP contribution in [0.25, 0.3) is 0 Å². The smallest absolute Gasteiger partial charge is 0.201 e. The third kappa shape index (κ3) is 2.29. The Balaban J connectivity index is 1.95. The number of rotatable bonds is 6. The summed E-state index contributed by atoms with van der Waals surface area (Å²) in [5.74, 6) is 1.94. The minimum absolute atomic E-state index is 0.158. The maximum atomic E-state index is 9.05. The SMILES string of the molecule is CCCC1=NC2=C3N=NNN3C(C)=C(C)C2N1CCCCO. The van der Waals surface area contributed by atoms with E-state index in [2.05, 4.69) is 41.5 Å². The number of hydrazine groups is 1. The van der Waals surface area contributed by atoms with Gasteiger partial charge in [-0.05, 0) is 38.7 Å². The van der Waals surface area contributed by atoms with Crippen LogP contribution in [-0.2, 0) is 0 Å². The Hall–Kier alpha value is -1.89. The van der Waals surface area contributed by atoms with Gasteiger partial charge in [-0.1, -0.05) is 12.1 Å². The van der Waals surface area contributed by atoms with Crippen molar-refractivity contribution in [2.24, 2.45) is 15.3 Å². The van der Waals surface area contributed by atoms with Crippen LogP contribution in [0.4, 0.5) is 0 Å². The number of allylic oxidation sites excluding steroid dienone is 1. The largest absolute Gasteiger partial charge is 0.396 e. The summed E-state index contributed by atoms with van der Waals surface area (Å²) in [5.41, 5.74) is 6.32. The molecule has 3 heterocycles. The van der Waals surface area contributed by atoms with E-state index in [1.54, 1.807) is 0 Å². The highest BCUT2D eigenvalue weighted by Crippen LogP contribution is 2.39. The molecule has 1 unspecified atom stereocenters. The van der Waals surface area contributed by atoms with E-state index in [1.807, 2.05) is 5.01 Å². The van der Waals surface area contributed by atoms with Gasteiger partial charge in [0.1, 0.15) is 11.5 Å². The van der Waals surface area contributed by atoms with Crippen LogP contribution in [0, 0.1) is 0 Å². The summed E-state index contributed by atoms with van der Waals surface area (Å²) < 4.78 is 0. The Morgan fingerprint density at radius 1 is 1.27 bits per heavy atom. The number of nitrogens with one attached hydrogen (secondary N) is 1. The fraction of sp³-hybridized carbons (Fsp3) is 0.667. The number of aliphatic imine (C=N–C) groups is 1. The molecule has 120 valence electrons. The predicted molar refractivity (Wildman–Crippen MR) is 84.4 cm³/mol. The molecule has 0 saturated heterocycles. The van der Waals surface area contributed by atoms with Crippen molar-refractivity contribution in [3.8, 4) is 0 Å². The Kier molecular flexibility index (Phi) is 4.15. The zero-order chi connectivity index (χ0) is 15.7. The predicted octanol–water partition coefficient (Wildman–Crippen LogP) is 2.31. The molecule has 0 aromatic heterocycles. The highest BCUT2D eigenvalue weighted by Gasteiger charge is 2.41. The summed E-state index contributed by atoms with van der Waals surface area (Å²) in [4.78, 5) is 7.26. The lowest BCUT2D eigenvalue weighted by atomic mass is 9.99. The number of hydrogen-bond acceptors (Lipinski definition) is 7. The summed E-state index contributed by atoms with van der Waals surface area (Å²) >= 11 is 0. The fourth-order valence-corrected chi connectivity index (χ4v) is 3.23. The molecule has 7 heteroatoms. The molecule has 2 N–H and O–H groups in total. The topological polar surface area (TPSA) is 75.8 Å². The molecule has 0 radical (unpaired) electrons. The molecule has 0 aliphatic carbocycles. The molecule has 22 heavy (non-hydrogen) atoms. The maximum absolute atomic E-state index is 9.05. The van der Waals surface area contributed by atoms with Crippen LogP contribution in [-0.4, -0.2) is 40.0 Å². The normalized spacial score (nSPS) is 23.1. The van der Waals surface area contributed by atoms with Gasteiger partial charge >= 0.3 is 0 Å². The molecule has 3 aliphatic rings. The summed E-state index contributed by atoms with van der Waals surface area (Å²) in [7, 11) is 0. The van der Waals surface area contributed by atoms with Crippen LogP contribution in [0.2, 0.25) is 0 Å². The number of aliphatic hydroxyl groups excluding tert-OH is 1. The van der Waals surface area contributed by atoms with Crippen molar-refractivity contribution in [3.63, 3.8) is 0 Å². The molecule has 0 bridgehead atoms. The maximum Gasteiger partial charge on any atom is 0.201 e. The molecular formula is C15H24N6O.